The highest BCUT2D eigenvalue weighted by Gasteiger charge is 2.09. The number of rotatable bonds is 4. The molecule has 0 bridgehead atoms. The van der Waals surface area contributed by atoms with E-state index in [0.717, 1.165) is 10.0 Å². The number of hydrazone groups is 1. The van der Waals surface area contributed by atoms with Crippen molar-refractivity contribution in [2.24, 2.45) is 5.10 Å². The van der Waals surface area contributed by atoms with Crippen molar-refractivity contribution < 1.29 is 9.21 Å². The average Bonchev–Trinajstić information content (AvgIpc) is 2.86. The molecule has 2 aromatic rings. The summed E-state index contributed by atoms with van der Waals surface area (Å²) < 4.78 is 5.82. The highest BCUT2D eigenvalue weighted by molar-refractivity contribution is 9.12. The molecule has 0 unspecified atom stereocenters. The Bertz CT molecular complexity index is 645. The minimum Gasteiger partial charge on any atom is -0.469 e. The van der Waals surface area contributed by atoms with Gasteiger partial charge in [-0.05, 0) is 40.6 Å². The molecule has 20 heavy (non-hydrogen) atoms. The fourth-order valence-electron chi connectivity index (χ4n) is 1.58. The van der Waals surface area contributed by atoms with Crippen molar-refractivity contribution in [3.63, 3.8) is 0 Å². The summed E-state index contributed by atoms with van der Waals surface area (Å²) in [6.45, 7) is 1.73. The lowest BCUT2D eigenvalue weighted by Gasteiger charge is -1.97. The molecule has 1 heterocycles. The Kier molecular flexibility index (Phi) is 4.90. The van der Waals surface area contributed by atoms with Crippen molar-refractivity contribution in [2.45, 2.75) is 6.92 Å². The van der Waals surface area contributed by atoms with Gasteiger partial charge in [0.25, 0.3) is 5.91 Å². The Morgan fingerprint density at radius 1 is 1.30 bits per heavy atom. The minimum atomic E-state index is -0.299. The van der Waals surface area contributed by atoms with Gasteiger partial charge in [0.15, 0.2) is 0 Å². The molecule has 0 aliphatic rings. The molecule has 0 radical (unpaired) electrons. The van der Waals surface area contributed by atoms with Gasteiger partial charge in [0.1, 0.15) is 5.76 Å². The number of furan rings is 1. The maximum Gasteiger partial charge on any atom is 0.274 e. The van der Waals surface area contributed by atoms with Gasteiger partial charge in [-0.3, -0.25) is 4.79 Å². The zero-order chi connectivity index (χ0) is 14.4. The molecule has 4 nitrogen and oxygen atoms in total. The van der Waals surface area contributed by atoms with Crippen molar-refractivity contribution >= 4 is 34.1 Å². The molecule has 102 valence electrons. The summed E-state index contributed by atoms with van der Waals surface area (Å²) in [5.41, 5.74) is 3.96. The second kappa shape index (κ2) is 6.86. The van der Waals surface area contributed by atoms with Crippen LogP contribution in [-0.2, 0) is 0 Å². The van der Waals surface area contributed by atoms with Crippen molar-refractivity contribution in [3.8, 4) is 0 Å². The first-order chi connectivity index (χ1) is 9.66. The van der Waals surface area contributed by atoms with E-state index in [4.69, 9.17) is 4.42 Å². The van der Waals surface area contributed by atoms with Crippen LogP contribution in [0.3, 0.4) is 0 Å². The topological polar surface area (TPSA) is 54.6 Å². The largest absolute Gasteiger partial charge is 0.469 e. The third kappa shape index (κ3) is 3.93. The first-order valence-electron chi connectivity index (χ1n) is 5.96. The van der Waals surface area contributed by atoms with Gasteiger partial charge >= 0.3 is 0 Å². The quantitative estimate of drug-likeness (QED) is 0.684. The van der Waals surface area contributed by atoms with E-state index in [1.54, 1.807) is 13.0 Å². The number of halogens is 1. The number of nitrogens with one attached hydrogen (secondary N) is 1. The standard InChI is InChI=1S/C15H13BrN2O2/c1-11-14(7-8-20-11)15(19)18-17-10-13(16)9-12-5-3-2-4-6-12/h2-10H,1H3,(H,18,19)/b13-9-,17-10-. The van der Waals surface area contributed by atoms with Gasteiger partial charge in [-0.25, -0.2) is 5.43 Å². The Morgan fingerprint density at radius 3 is 2.70 bits per heavy atom. The number of benzene rings is 1. The van der Waals surface area contributed by atoms with Crippen molar-refractivity contribution in [2.75, 3.05) is 0 Å². The van der Waals surface area contributed by atoms with Gasteiger partial charge in [-0.2, -0.15) is 5.10 Å². The minimum absolute atomic E-state index is 0.299. The Morgan fingerprint density at radius 2 is 2.05 bits per heavy atom. The molecule has 0 aliphatic carbocycles. The predicted molar refractivity (Wildman–Crippen MR) is 82.7 cm³/mol. The summed E-state index contributed by atoms with van der Waals surface area (Å²) in [5, 5.41) is 3.88. The van der Waals surface area contributed by atoms with Crippen LogP contribution >= 0.6 is 15.9 Å². The second-order valence-corrected chi connectivity index (χ2v) is 4.95. The summed E-state index contributed by atoms with van der Waals surface area (Å²) >= 11 is 3.37. The highest BCUT2D eigenvalue weighted by atomic mass is 79.9. The van der Waals surface area contributed by atoms with Crippen molar-refractivity contribution in [1.82, 2.24) is 5.43 Å². The maximum absolute atomic E-state index is 11.7. The van der Waals surface area contributed by atoms with E-state index in [9.17, 15) is 4.79 Å². The van der Waals surface area contributed by atoms with Crippen LogP contribution in [0.25, 0.3) is 6.08 Å². The molecule has 5 heteroatoms. The van der Waals surface area contributed by atoms with Crippen molar-refractivity contribution in [1.29, 1.82) is 0 Å². The van der Waals surface area contributed by atoms with Crippen LogP contribution in [0.5, 0.6) is 0 Å². The molecular weight excluding hydrogens is 320 g/mol. The molecule has 0 aliphatic heterocycles. The molecule has 2 rings (SSSR count). The highest BCUT2D eigenvalue weighted by Crippen LogP contribution is 2.10. The lowest BCUT2D eigenvalue weighted by Crippen LogP contribution is -2.17. The number of amides is 1. The molecule has 0 atom stereocenters. The zero-order valence-electron chi connectivity index (χ0n) is 10.8. The van der Waals surface area contributed by atoms with Crippen LogP contribution in [0, 0.1) is 6.92 Å². The summed E-state index contributed by atoms with van der Waals surface area (Å²) in [6.07, 6.45) is 4.90. The smallest absolute Gasteiger partial charge is 0.274 e. The zero-order valence-corrected chi connectivity index (χ0v) is 12.4. The van der Waals surface area contributed by atoms with Gasteiger partial charge in [-0.15, -0.1) is 0 Å². The Balaban J connectivity index is 1.95. The van der Waals surface area contributed by atoms with Gasteiger partial charge < -0.3 is 4.42 Å². The average molecular weight is 333 g/mol. The number of hydrogen-bond donors (Lipinski definition) is 1. The fourth-order valence-corrected chi connectivity index (χ4v) is 1.95. The van der Waals surface area contributed by atoms with Crippen LogP contribution in [0.15, 0.2) is 56.7 Å². The molecule has 1 aromatic carbocycles. The lowest BCUT2D eigenvalue weighted by molar-refractivity contribution is 0.0953. The third-order valence-electron chi connectivity index (χ3n) is 2.56. The molecule has 1 N–H and O–H groups in total. The normalized spacial score (nSPS) is 11.8. The van der Waals surface area contributed by atoms with Crippen LogP contribution in [0.4, 0.5) is 0 Å². The van der Waals surface area contributed by atoms with E-state index in [1.165, 1.54) is 12.5 Å². The molecular formula is C15H13BrN2O2. The summed E-state index contributed by atoms with van der Waals surface area (Å²) in [5.74, 6) is 0.268. The number of hydrogen-bond acceptors (Lipinski definition) is 3. The Hall–Kier alpha value is -2.14. The molecule has 1 amide bonds. The predicted octanol–water partition coefficient (Wildman–Crippen LogP) is 3.74. The summed E-state index contributed by atoms with van der Waals surface area (Å²) in [4.78, 5) is 11.7. The van der Waals surface area contributed by atoms with Crippen LogP contribution in [0.1, 0.15) is 21.7 Å². The van der Waals surface area contributed by atoms with E-state index in [1.807, 2.05) is 36.4 Å². The number of aryl methyl sites for hydroxylation is 1. The second-order valence-electron chi connectivity index (χ2n) is 4.03. The third-order valence-corrected chi connectivity index (χ3v) is 3.00. The van der Waals surface area contributed by atoms with Crippen LogP contribution < -0.4 is 5.43 Å². The molecule has 0 saturated heterocycles. The molecule has 0 fully saturated rings. The van der Waals surface area contributed by atoms with Gasteiger partial charge in [0.2, 0.25) is 0 Å². The van der Waals surface area contributed by atoms with Gasteiger partial charge in [0, 0.05) is 4.48 Å². The van der Waals surface area contributed by atoms with Crippen LogP contribution in [0.2, 0.25) is 0 Å². The number of carbonyl (C=O) groups is 1. The van der Waals surface area contributed by atoms with Crippen LogP contribution in [-0.4, -0.2) is 12.1 Å². The number of nitrogens with zero attached hydrogens (tertiary/aromatic N) is 1. The van der Waals surface area contributed by atoms with E-state index in [-0.39, 0.29) is 5.91 Å². The molecule has 0 spiro atoms. The summed E-state index contributed by atoms with van der Waals surface area (Å²) in [7, 11) is 0. The fraction of sp³-hybridized carbons (Fsp3) is 0.0667. The first kappa shape index (κ1) is 14.3. The SMILES string of the molecule is Cc1occc1C(=O)N/N=C\C(Br)=C\c1ccccc1. The Labute approximate surface area is 125 Å². The van der Waals surface area contributed by atoms with E-state index >= 15 is 0 Å². The number of carbonyl (C=O) groups excluding carboxylic acids is 1. The van der Waals surface area contributed by atoms with Gasteiger partial charge in [0.05, 0.1) is 18.0 Å². The first-order valence-corrected chi connectivity index (χ1v) is 6.76. The molecule has 0 saturated carbocycles. The van der Waals surface area contributed by atoms with E-state index < -0.39 is 0 Å². The maximum atomic E-state index is 11.7. The molecule has 1 aromatic heterocycles. The summed E-state index contributed by atoms with van der Waals surface area (Å²) in [6, 6.07) is 11.4. The van der Waals surface area contributed by atoms with Crippen molar-refractivity contribution in [3.05, 3.63) is 64.0 Å². The van der Waals surface area contributed by atoms with Gasteiger partial charge in [-0.1, -0.05) is 30.3 Å². The lowest BCUT2D eigenvalue weighted by atomic mass is 10.2. The monoisotopic (exact) mass is 332 g/mol. The number of allylic oxidation sites excluding steroid dienone is 1. The van der Waals surface area contributed by atoms with E-state index in [0.29, 0.717) is 11.3 Å². The van der Waals surface area contributed by atoms with E-state index in [2.05, 4.69) is 26.5 Å².